The molecule has 1 aliphatic heterocycles. The maximum atomic E-state index is 5.81. The molecular formula is C14H22N2. The summed E-state index contributed by atoms with van der Waals surface area (Å²) in [5.41, 5.74) is 8.04. The highest BCUT2D eigenvalue weighted by atomic mass is 15.2. The molecule has 1 heterocycles. The minimum Gasteiger partial charge on any atom is -0.399 e. The number of hydrogen-bond donors (Lipinski definition) is 1. The molecule has 2 heteroatoms. The van der Waals surface area contributed by atoms with Crippen LogP contribution in [0.3, 0.4) is 0 Å². The molecule has 1 atom stereocenters. The van der Waals surface area contributed by atoms with E-state index in [0.717, 1.165) is 18.3 Å². The highest BCUT2D eigenvalue weighted by molar-refractivity contribution is 5.40. The zero-order chi connectivity index (χ0) is 11.4. The number of rotatable bonds is 3. The van der Waals surface area contributed by atoms with Crippen molar-refractivity contribution in [1.82, 2.24) is 4.90 Å². The quantitative estimate of drug-likeness (QED) is 0.790. The Morgan fingerprint density at radius 3 is 3.00 bits per heavy atom. The molecule has 0 aromatic heterocycles. The average Bonchev–Trinajstić information content (AvgIpc) is 2.30. The fourth-order valence-corrected chi connectivity index (χ4v) is 2.66. The molecule has 1 fully saturated rings. The lowest BCUT2D eigenvalue weighted by atomic mass is 9.99. The van der Waals surface area contributed by atoms with Crippen LogP contribution in [0.1, 0.15) is 38.2 Å². The van der Waals surface area contributed by atoms with Crippen molar-refractivity contribution in [2.45, 2.75) is 45.2 Å². The van der Waals surface area contributed by atoms with Crippen molar-refractivity contribution >= 4 is 5.69 Å². The second-order valence-corrected chi connectivity index (χ2v) is 4.77. The van der Waals surface area contributed by atoms with Gasteiger partial charge in [0.2, 0.25) is 0 Å². The zero-order valence-corrected chi connectivity index (χ0v) is 10.2. The molecule has 0 spiro atoms. The van der Waals surface area contributed by atoms with Crippen molar-refractivity contribution in [2.24, 2.45) is 0 Å². The fourth-order valence-electron chi connectivity index (χ4n) is 2.66. The average molecular weight is 218 g/mol. The van der Waals surface area contributed by atoms with Crippen LogP contribution in [-0.2, 0) is 6.54 Å². The molecule has 1 aromatic carbocycles. The van der Waals surface area contributed by atoms with Crippen molar-refractivity contribution in [3.63, 3.8) is 0 Å². The van der Waals surface area contributed by atoms with Gasteiger partial charge in [-0.25, -0.2) is 0 Å². The van der Waals surface area contributed by atoms with Gasteiger partial charge in [-0.1, -0.05) is 25.5 Å². The van der Waals surface area contributed by atoms with E-state index in [0.29, 0.717) is 0 Å². The molecule has 2 rings (SSSR count). The van der Waals surface area contributed by atoms with Gasteiger partial charge in [0.1, 0.15) is 0 Å². The first kappa shape index (κ1) is 11.5. The Morgan fingerprint density at radius 1 is 1.38 bits per heavy atom. The van der Waals surface area contributed by atoms with Gasteiger partial charge >= 0.3 is 0 Å². The Labute approximate surface area is 98.4 Å². The van der Waals surface area contributed by atoms with Crippen LogP contribution in [0.5, 0.6) is 0 Å². The lowest BCUT2D eigenvalue weighted by Gasteiger charge is -2.35. The first-order valence-corrected chi connectivity index (χ1v) is 6.38. The molecule has 0 saturated carbocycles. The van der Waals surface area contributed by atoms with Crippen LogP contribution in [0.2, 0.25) is 0 Å². The summed E-state index contributed by atoms with van der Waals surface area (Å²) in [6.45, 7) is 4.60. The predicted molar refractivity (Wildman–Crippen MR) is 69.2 cm³/mol. The van der Waals surface area contributed by atoms with Crippen molar-refractivity contribution in [3.05, 3.63) is 29.8 Å². The standard InChI is InChI=1S/C14H22N2/c1-2-14-8-3-4-9-16(14)11-12-6-5-7-13(15)10-12/h5-7,10,14H,2-4,8-9,11,15H2,1H3. The second-order valence-electron chi connectivity index (χ2n) is 4.77. The number of nitrogen functional groups attached to an aromatic ring is 1. The van der Waals surface area contributed by atoms with E-state index in [1.165, 1.54) is 37.8 Å². The van der Waals surface area contributed by atoms with E-state index in [-0.39, 0.29) is 0 Å². The summed E-state index contributed by atoms with van der Waals surface area (Å²) < 4.78 is 0. The third-order valence-corrected chi connectivity index (χ3v) is 3.56. The SMILES string of the molecule is CCC1CCCCN1Cc1cccc(N)c1. The van der Waals surface area contributed by atoms with Gasteiger partial charge < -0.3 is 5.73 Å². The zero-order valence-electron chi connectivity index (χ0n) is 10.2. The predicted octanol–water partition coefficient (Wildman–Crippen LogP) is 3.03. The van der Waals surface area contributed by atoms with Crippen LogP contribution in [0, 0.1) is 0 Å². The van der Waals surface area contributed by atoms with E-state index in [9.17, 15) is 0 Å². The Hall–Kier alpha value is -1.02. The molecule has 1 aliphatic rings. The molecule has 16 heavy (non-hydrogen) atoms. The van der Waals surface area contributed by atoms with Gasteiger partial charge in [0.05, 0.1) is 0 Å². The van der Waals surface area contributed by atoms with E-state index in [4.69, 9.17) is 5.73 Å². The Kier molecular flexibility index (Phi) is 3.83. The van der Waals surface area contributed by atoms with E-state index in [1.807, 2.05) is 6.07 Å². The number of nitrogens with two attached hydrogens (primary N) is 1. The van der Waals surface area contributed by atoms with E-state index in [1.54, 1.807) is 0 Å². The van der Waals surface area contributed by atoms with Gasteiger partial charge in [0.15, 0.2) is 0 Å². The van der Waals surface area contributed by atoms with Crippen LogP contribution in [0.15, 0.2) is 24.3 Å². The summed E-state index contributed by atoms with van der Waals surface area (Å²) >= 11 is 0. The van der Waals surface area contributed by atoms with Gasteiger partial charge in [0, 0.05) is 18.3 Å². The Morgan fingerprint density at radius 2 is 2.25 bits per heavy atom. The maximum Gasteiger partial charge on any atom is 0.0317 e. The van der Waals surface area contributed by atoms with Gasteiger partial charge in [-0.2, -0.15) is 0 Å². The molecule has 0 radical (unpaired) electrons. The smallest absolute Gasteiger partial charge is 0.0317 e. The Bertz CT molecular complexity index is 335. The monoisotopic (exact) mass is 218 g/mol. The molecule has 88 valence electrons. The minimum absolute atomic E-state index is 0.773. The van der Waals surface area contributed by atoms with Crippen molar-refractivity contribution < 1.29 is 0 Å². The summed E-state index contributed by atoms with van der Waals surface area (Å²) in [5, 5.41) is 0. The minimum atomic E-state index is 0.773. The first-order valence-electron chi connectivity index (χ1n) is 6.38. The van der Waals surface area contributed by atoms with Crippen molar-refractivity contribution in [1.29, 1.82) is 0 Å². The third kappa shape index (κ3) is 2.76. The van der Waals surface area contributed by atoms with Crippen LogP contribution >= 0.6 is 0 Å². The molecule has 0 bridgehead atoms. The number of piperidine rings is 1. The lowest BCUT2D eigenvalue weighted by molar-refractivity contribution is 0.136. The van der Waals surface area contributed by atoms with E-state index >= 15 is 0 Å². The normalized spacial score (nSPS) is 22.2. The summed E-state index contributed by atoms with van der Waals surface area (Å²) in [6, 6.07) is 9.06. The van der Waals surface area contributed by atoms with E-state index in [2.05, 4.69) is 30.0 Å². The number of benzene rings is 1. The van der Waals surface area contributed by atoms with Crippen molar-refractivity contribution in [2.75, 3.05) is 12.3 Å². The summed E-state index contributed by atoms with van der Waals surface area (Å²) in [5.74, 6) is 0. The van der Waals surface area contributed by atoms with Gasteiger partial charge in [0.25, 0.3) is 0 Å². The molecular weight excluding hydrogens is 196 g/mol. The second kappa shape index (κ2) is 5.35. The van der Waals surface area contributed by atoms with E-state index < -0.39 is 0 Å². The number of anilines is 1. The number of nitrogens with zero attached hydrogens (tertiary/aromatic N) is 1. The van der Waals surface area contributed by atoms with Crippen molar-refractivity contribution in [3.8, 4) is 0 Å². The fraction of sp³-hybridized carbons (Fsp3) is 0.571. The molecule has 0 aliphatic carbocycles. The molecule has 0 amide bonds. The van der Waals surface area contributed by atoms with Gasteiger partial charge in [-0.05, 0) is 43.5 Å². The number of hydrogen-bond acceptors (Lipinski definition) is 2. The lowest BCUT2D eigenvalue weighted by Crippen LogP contribution is -2.38. The molecule has 2 N–H and O–H groups in total. The molecule has 1 unspecified atom stereocenters. The molecule has 2 nitrogen and oxygen atoms in total. The summed E-state index contributed by atoms with van der Waals surface area (Å²) in [7, 11) is 0. The Balaban J connectivity index is 2.02. The third-order valence-electron chi connectivity index (χ3n) is 3.56. The topological polar surface area (TPSA) is 29.3 Å². The highest BCUT2D eigenvalue weighted by Gasteiger charge is 2.20. The van der Waals surface area contributed by atoms with Crippen LogP contribution in [-0.4, -0.2) is 17.5 Å². The number of likely N-dealkylation sites (tertiary alicyclic amines) is 1. The van der Waals surface area contributed by atoms with Crippen LogP contribution in [0.4, 0.5) is 5.69 Å². The largest absolute Gasteiger partial charge is 0.399 e. The van der Waals surface area contributed by atoms with Gasteiger partial charge in [-0.15, -0.1) is 0 Å². The van der Waals surface area contributed by atoms with Crippen LogP contribution < -0.4 is 5.73 Å². The molecule has 1 aromatic rings. The summed E-state index contributed by atoms with van der Waals surface area (Å²) in [4.78, 5) is 2.61. The summed E-state index contributed by atoms with van der Waals surface area (Å²) in [6.07, 6.45) is 5.37. The van der Waals surface area contributed by atoms with Gasteiger partial charge in [-0.3, -0.25) is 4.90 Å². The maximum absolute atomic E-state index is 5.81. The van der Waals surface area contributed by atoms with Crippen LogP contribution in [0.25, 0.3) is 0 Å². The molecule has 1 saturated heterocycles. The highest BCUT2D eigenvalue weighted by Crippen LogP contribution is 2.22. The first-order chi connectivity index (χ1) is 7.79.